The molecule has 0 N–H and O–H groups in total. The molecule has 0 fully saturated rings. The first-order valence-corrected chi connectivity index (χ1v) is 9.16. The summed E-state index contributed by atoms with van der Waals surface area (Å²) in [6.45, 7) is 0.364. The van der Waals surface area contributed by atoms with Crippen molar-refractivity contribution in [3.63, 3.8) is 0 Å². The molecule has 2 aromatic carbocycles. The number of ether oxygens (including phenoxy) is 1. The second-order valence-corrected chi connectivity index (χ2v) is 7.39. The van der Waals surface area contributed by atoms with Gasteiger partial charge in [0.05, 0.1) is 28.5 Å². The van der Waals surface area contributed by atoms with Crippen LogP contribution in [-0.2, 0) is 16.6 Å². The van der Waals surface area contributed by atoms with Crippen LogP contribution in [0, 0.1) is 11.3 Å². The zero-order valence-electron chi connectivity index (χ0n) is 11.6. The lowest BCUT2D eigenvalue weighted by Crippen LogP contribution is -2.10. The molecule has 2 aromatic rings. The van der Waals surface area contributed by atoms with Gasteiger partial charge in [0.1, 0.15) is 5.75 Å². The van der Waals surface area contributed by atoms with Gasteiger partial charge in [0, 0.05) is 21.6 Å². The third kappa shape index (κ3) is 5.13. The topological polar surface area (TPSA) is 50.1 Å². The van der Waals surface area contributed by atoms with E-state index in [9.17, 15) is 4.21 Å². The molecule has 0 unspecified atom stereocenters. The van der Waals surface area contributed by atoms with Crippen molar-refractivity contribution in [2.45, 2.75) is 5.75 Å². The van der Waals surface area contributed by atoms with E-state index in [2.05, 4.69) is 22.0 Å². The molecule has 6 heteroatoms. The Labute approximate surface area is 145 Å². The minimum atomic E-state index is -1.01. The van der Waals surface area contributed by atoms with Crippen LogP contribution in [-0.4, -0.2) is 16.6 Å². The van der Waals surface area contributed by atoms with Crippen molar-refractivity contribution >= 4 is 38.3 Å². The maximum absolute atomic E-state index is 12.0. The summed E-state index contributed by atoms with van der Waals surface area (Å²) in [6, 6.07) is 14.4. The summed E-state index contributed by atoms with van der Waals surface area (Å²) in [5.74, 6) is 1.58. The van der Waals surface area contributed by atoms with Crippen LogP contribution in [0.15, 0.2) is 46.9 Å². The summed E-state index contributed by atoms with van der Waals surface area (Å²) in [5.41, 5.74) is 1.55. The molecule has 0 saturated carbocycles. The number of halogens is 2. The van der Waals surface area contributed by atoms with Crippen molar-refractivity contribution in [2.75, 3.05) is 12.4 Å². The minimum Gasteiger partial charge on any atom is -0.491 e. The van der Waals surface area contributed by atoms with Gasteiger partial charge in [-0.1, -0.05) is 23.7 Å². The third-order valence-corrected chi connectivity index (χ3v) is 5.01. The fourth-order valence-corrected chi connectivity index (χ4v) is 3.55. The van der Waals surface area contributed by atoms with E-state index < -0.39 is 10.8 Å². The molecular weight excluding hydrogens is 386 g/mol. The van der Waals surface area contributed by atoms with E-state index in [1.165, 1.54) is 0 Å². The predicted molar refractivity (Wildman–Crippen MR) is 92.5 cm³/mol. The molecule has 0 saturated heterocycles. The van der Waals surface area contributed by atoms with Crippen molar-refractivity contribution in [1.29, 1.82) is 5.26 Å². The SMILES string of the molecule is N#Cc1ccc(C[S@](=O)CCOc2ccc(Cl)cc2Br)cc1. The fourth-order valence-electron chi connectivity index (χ4n) is 1.77. The van der Waals surface area contributed by atoms with Crippen LogP contribution in [0.5, 0.6) is 5.75 Å². The molecule has 3 nitrogen and oxygen atoms in total. The molecule has 0 aromatic heterocycles. The summed E-state index contributed by atoms with van der Waals surface area (Å²) in [4.78, 5) is 0. The second kappa shape index (κ2) is 8.33. The van der Waals surface area contributed by atoms with Crippen LogP contribution in [0.3, 0.4) is 0 Å². The zero-order chi connectivity index (χ0) is 15.9. The smallest absolute Gasteiger partial charge is 0.133 e. The second-order valence-electron chi connectivity index (χ2n) is 4.52. The highest BCUT2D eigenvalue weighted by Crippen LogP contribution is 2.27. The molecule has 0 aliphatic rings. The van der Waals surface area contributed by atoms with Gasteiger partial charge in [-0.25, -0.2) is 0 Å². The summed E-state index contributed by atoms with van der Waals surface area (Å²) in [7, 11) is -1.01. The van der Waals surface area contributed by atoms with Crippen LogP contribution >= 0.6 is 27.5 Å². The molecule has 0 spiro atoms. The molecule has 0 heterocycles. The summed E-state index contributed by atoms with van der Waals surface area (Å²) in [5, 5.41) is 9.36. The highest BCUT2D eigenvalue weighted by Gasteiger charge is 2.05. The van der Waals surface area contributed by atoms with Gasteiger partial charge in [-0.3, -0.25) is 4.21 Å². The Morgan fingerprint density at radius 1 is 1.23 bits per heavy atom. The van der Waals surface area contributed by atoms with Gasteiger partial charge in [-0.05, 0) is 51.8 Å². The van der Waals surface area contributed by atoms with Crippen LogP contribution in [0.4, 0.5) is 0 Å². The largest absolute Gasteiger partial charge is 0.491 e. The van der Waals surface area contributed by atoms with Crippen molar-refractivity contribution in [1.82, 2.24) is 0 Å². The predicted octanol–water partition coefficient (Wildman–Crippen LogP) is 4.30. The first kappa shape index (κ1) is 17.0. The molecule has 114 valence electrons. The van der Waals surface area contributed by atoms with Gasteiger partial charge >= 0.3 is 0 Å². The van der Waals surface area contributed by atoms with Gasteiger partial charge in [0.2, 0.25) is 0 Å². The molecule has 2 rings (SSSR count). The maximum atomic E-state index is 12.0. The Kier molecular flexibility index (Phi) is 6.44. The summed E-state index contributed by atoms with van der Waals surface area (Å²) >= 11 is 9.23. The van der Waals surface area contributed by atoms with Crippen molar-refractivity contribution < 1.29 is 8.95 Å². The van der Waals surface area contributed by atoms with E-state index in [1.54, 1.807) is 30.3 Å². The van der Waals surface area contributed by atoms with Crippen molar-refractivity contribution in [2.24, 2.45) is 0 Å². The molecule has 22 heavy (non-hydrogen) atoms. The average Bonchev–Trinajstić information content (AvgIpc) is 2.50. The molecule has 1 atom stereocenters. The molecule has 0 bridgehead atoms. The Morgan fingerprint density at radius 3 is 2.59 bits per heavy atom. The number of benzene rings is 2. The van der Waals surface area contributed by atoms with Gasteiger partial charge in [-0.15, -0.1) is 0 Å². The monoisotopic (exact) mass is 397 g/mol. The highest BCUT2D eigenvalue weighted by atomic mass is 79.9. The first-order valence-electron chi connectivity index (χ1n) is 6.50. The lowest BCUT2D eigenvalue weighted by Gasteiger charge is -2.08. The van der Waals surface area contributed by atoms with E-state index in [4.69, 9.17) is 21.6 Å². The molecule has 0 radical (unpaired) electrons. The molecule has 0 aliphatic heterocycles. The number of nitrogens with zero attached hydrogens (tertiary/aromatic N) is 1. The quantitative estimate of drug-likeness (QED) is 0.729. The maximum Gasteiger partial charge on any atom is 0.133 e. The van der Waals surface area contributed by atoms with Crippen LogP contribution in [0.2, 0.25) is 5.02 Å². The lowest BCUT2D eigenvalue weighted by molar-refractivity contribution is 0.340. The highest BCUT2D eigenvalue weighted by molar-refractivity contribution is 9.10. The van der Waals surface area contributed by atoms with Crippen molar-refractivity contribution in [3.8, 4) is 11.8 Å². The van der Waals surface area contributed by atoms with Crippen molar-refractivity contribution in [3.05, 3.63) is 63.1 Å². The van der Waals surface area contributed by atoms with Gasteiger partial charge in [-0.2, -0.15) is 5.26 Å². The number of rotatable bonds is 6. The number of hydrogen-bond acceptors (Lipinski definition) is 3. The Morgan fingerprint density at radius 2 is 1.95 bits per heavy atom. The Hall–Kier alpha value is -1.35. The van der Waals surface area contributed by atoms with E-state index in [-0.39, 0.29) is 0 Å². The molecule has 0 aliphatic carbocycles. The average molecular weight is 399 g/mol. The van der Waals surface area contributed by atoms with E-state index in [1.807, 2.05) is 12.1 Å². The summed E-state index contributed by atoms with van der Waals surface area (Å²) in [6.07, 6.45) is 0. The molecule has 0 amide bonds. The minimum absolute atomic E-state index is 0.364. The standard InChI is InChI=1S/C16H13BrClNO2S/c17-15-9-14(18)5-6-16(15)21-7-8-22(20)11-13-3-1-12(10-19)2-4-13/h1-6,9H,7-8,11H2/t22-/m1/s1. The van der Waals surface area contributed by atoms with E-state index in [0.29, 0.717) is 34.4 Å². The van der Waals surface area contributed by atoms with Gasteiger partial charge in [0.15, 0.2) is 0 Å². The lowest BCUT2D eigenvalue weighted by atomic mass is 10.2. The number of nitriles is 1. The zero-order valence-corrected chi connectivity index (χ0v) is 14.7. The number of hydrogen-bond donors (Lipinski definition) is 0. The Balaban J connectivity index is 1.81. The first-order chi connectivity index (χ1) is 10.6. The van der Waals surface area contributed by atoms with Gasteiger partial charge < -0.3 is 4.74 Å². The van der Waals surface area contributed by atoms with E-state index >= 15 is 0 Å². The molecular formula is C16H13BrClNO2S. The fraction of sp³-hybridized carbons (Fsp3) is 0.188. The van der Waals surface area contributed by atoms with Crippen LogP contribution < -0.4 is 4.74 Å². The van der Waals surface area contributed by atoms with Crippen LogP contribution in [0.1, 0.15) is 11.1 Å². The summed E-state index contributed by atoms with van der Waals surface area (Å²) < 4.78 is 18.4. The third-order valence-electron chi connectivity index (χ3n) is 2.87. The van der Waals surface area contributed by atoms with Gasteiger partial charge in [0.25, 0.3) is 0 Å². The Bertz CT molecular complexity index is 713. The van der Waals surface area contributed by atoms with E-state index in [0.717, 1.165) is 10.0 Å². The van der Waals surface area contributed by atoms with Crippen LogP contribution in [0.25, 0.3) is 0 Å². The normalized spacial score (nSPS) is 11.7.